The van der Waals surface area contributed by atoms with E-state index in [4.69, 9.17) is 13.9 Å². The number of aromatic nitrogens is 3. The molecule has 9 nitrogen and oxygen atoms in total. The van der Waals surface area contributed by atoms with Gasteiger partial charge in [0.15, 0.2) is 0 Å². The van der Waals surface area contributed by atoms with E-state index in [1.807, 2.05) is 4.57 Å². The number of rotatable bonds is 10. The first-order chi connectivity index (χ1) is 20.9. The van der Waals surface area contributed by atoms with E-state index in [1.54, 1.807) is 67.8 Å². The SMILES string of the molecule is COCCn1c(Cc2ccc(-c3cccc(OCc4ccc(C#N)c5ccoc45)n3)cc2F)nc2ccc(C(=O)O)cc21. The standard InChI is InChI=1S/C33H25FN4O5/c1-41-14-12-38-29-16-22(33(39)40)9-10-28(29)36-30(38)17-20-5-6-21(15-26(20)34)27-3-2-4-31(37-27)43-19-24-8-7-23(18-35)25-11-13-42-32(24)25/h2-11,13,15-16H,12,14,17,19H2,1H3,(H,39,40). The predicted octanol–water partition coefficient (Wildman–Crippen LogP) is 6.37. The highest BCUT2D eigenvalue weighted by Crippen LogP contribution is 2.27. The summed E-state index contributed by atoms with van der Waals surface area (Å²) in [5.41, 5.74) is 4.88. The van der Waals surface area contributed by atoms with Crippen molar-refractivity contribution in [3.05, 3.63) is 113 Å². The molecule has 6 aromatic rings. The number of hydrogen-bond donors (Lipinski definition) is 1. The maximum Gasteiger partial charge on any atom is 0.335 e. The first-order valence-electron chi connectivity index (χ1n) is 13.4. The van der Waals surface area contributed by atoms with Gasteiger partial charge < -0.3 is 23.6 Å². The smallest absolute Gasteiger partial charge is 0.335 e. The van der Waals surface area contributed by atoms with Gasteiger partial charge in [0, 0.05) is 42.7 Å². The molecule has 43 heavy (non-hydrogen) atoms. The Hall–Kier alpha value is -5.53. The second-order valence-corrected chi connectivity index (χ2v) is 9.86. The van der Waals surface area contributed by atoms with Crippen LogP contribution in [-0.2, 0) is 24.3 Å². The van der Waals surface area contributed by atoms with E-state index in [2.05, 4.69) is 16.0 Å². The summed E-state index contributed by atoms with van der Waals surface area (Å²) in [6.07, 6.45) is 1.74. The zero-order valence-electron chi connectivity index (χ0n) is 23.1. The van der Waals surface area contributed by atoms with Crippen LogP contribution in [0.3, 0.4) is 0 Å². The summed E-state index contributed by atoms with van der Waals surface area (Å²) in [7, 11) is 1.58. The predicted molar refractivity (Wildman–Crippen MR) is 156 cm³/mol. The van der Waals surface area contributed by atoms with Crippen molar-refractivity contribution in [1.82, 2.24) is 14.5 Å². The summed E-state index contributed by atoms with van der Waals surface area (Å²) >= 11 is 0. The molecule has 0 radical (unpaired) electrons. The summed E-state index contributed by atoms with van der Waals surface area (Å²) < 4.78 is 34.1. The van der Waals surface area contributed by atoms with E-state index in [1.165, 1.54) is 18.4 Å². The lowest BCUT2D eigenvalue weighted by molar-refractivity contribution is 0.0697. The Morgan fingerprint density at radius 1 is 1.07 bits per heavy atom. The van der Waals surface area contributed by atoms with Crippen molar-refractivity contribution in [1.29, 1.82) is 5.26 Å². The molecule has 0 unspecified atom stereocenters. The van der Waals surface area contributed by atoms with Crippen LogP contribution in [0.2, 0.25) is 0 Å². The minimum atomic E-state index is -1.03. The van der Waals surface area contributed by atoms with Gasteiger partial charge in [0.05, 0.1) is 46.8 Å². The fourth-order valence-electron chi connectivity index (χ4n) is 5.03. The molecule has 0 saturated carbocycles. The van der Waals surface area contributed by atoms with Gasteiger partial charge in [-0.25, -0.2) is 19.2 Å². The van der Waals surface area contributed by atoms with Crippen molar-refractivity contribution >= 4 is 28.0 Å². The van der Waals surface area contributed by atoms with E-state index in [0.717, 1.165) is 10.9 Å². The number of nitriles is 1. The van der Waals surface area contributed by atoms with Crippen LogP contribution in [-0.4, -0.2) is 39.3 Å². The number of imidazole rings is 1. The van der Waals surface area contributed by atoms with E-state index in [0.29, 0.717) is 63.9 Å². The highest BCUT2D eigenvalue weighted by molar-refractivity contribution is 5.92. The van der Waals surface area contributed by atoms with Gasteiger partial charge >= 0.3 is 5.97 Å². The average Bonchev–Trinajstić information content (AvgIpc) is 3.65. The molecule has 1 N–H and O–H groups in total. The normalized spacial score (nSPS) is 11.2. The number of fused-ring (bicyclic) bond motifs is 2. The second-order valence-electron chi connectivity index (χ2n) is 9.86. The third-order valence-corrected chi connectivity index (χ3v) is 7.21. The van der Waals surface area contributed by atoms with Gasteiger partial charge in [-0.15, -0.1) is 0 Å². The number of methoxy groups -OCH3 is 1. The first-order valence-corrected chi connectivity index (χ1v) is 13.4. The van der Waals surface area contributed by atoms with Crippen molar-refractivity contribution < 1.29 is 28.2 Å². The lowest BCUT2D eigenvalue weighted by atomic mass is 10.1. The lowest BCUT2D eigenvalue weighted by Crippen LogP contribution is -2.10. The molecular weight excluding hydrogens is 551 g/mol. The van der Waals surface area contributed by atoms with Crippen LogP contribution in [0.1, 0.15) is 32.9 Å². The molecule has 3 heterocycles. The second kappa shape index (κ2) is 11.8. The number of ether oxygens (including phenoxy) is 2. The highest BCUT2D eigenvalue weighted by Gasteiger charge is 2.17. The average molecular weight is 577 g/mol. The molecule has 6 rings (SSSR count). The number of carboxylic acids is 1. The number of hydrogen-bond acceptors (Lipinski definition) is 7. The number of aromatic carboxylic acids is 1. The number of carbonyl (C=O) groups is 1. The van der Waals surface area contributed by atoms with Crippen LogP contribution in [0.25, 0.3) is 33.3 Å². The molecule has 0 aliphatic heterocycles. The number of pyridine rings is 1. The highest BCUT2D eigenvalue weighted by atomic mass is 19.1. The molecule has 10 heteroatoms. The molecular formula is C33H25FN4O5. The van der Waals surface area contributed by atoms with Crippen molar-refractivity contribution in [3.63, 3.8) is 0 Å². The molecule has 0 aliphatic rings. The Bertz CT molecular complexity index is 2020. The summed E-state index contributed by atoms with van der Waals surface area (Å²) in [6, 6.07) is 22.4. The van der Waals surface area contributed by atoms with Gasteiger partial charge in [-0.1, -0.05) is 24.3 Å². The van der Waals surface area contributed by atoms with E-state index < -0.39 is 11.8 Å². The van der Waals surface area contributed by atoms with Crippen LogP contribution < -0.4 is 4.74 Å². The van der Waals surface area contributed by atoms with Crippen LogP contribution in [0.4, 0.5) is 4.39 Å². The molecule has 214 valence electrons. The molecule has 0 saturated heterocycles. The Morgan fingerprint density at radius 2 is 1.93 bits per heavy atom. The fourth-order valence-corrected chi connectivity index (χ4v) is 5.03. The lowest BCUT2D eigenvalue weighted by Gasteiger charge is -2.11. The van der Waals surface area contributed by atoms with Crippen LogP contribution in [0, 0.1) is 17.1 Å². The molecule has 0 aliphatic carbocycles. The Labute approximate surface area is 245 Å². The fraction of sp³-hybridized carbons (Fsp3) is 0.152. The topological polar surface area (TPSA) is 123 Å². The minimum Gasteiger partial charge on any atom is -0.478 e. The number of nitrogens with zero attached hydrogens (tertiary/aromatic N) is 4. The summed E-state index contributed by atoms with van der Waals surface area (Å²) in [6.45, 7) is 1.01. The largest absolute Gasteiger partial charge is 0.478 e. The van der Waals surface area contributed by atoms with Gasteiger partial charge in [-0.05, 0) is 48.0 Å². The maximum atomic E-state index is 15.4. The zero-order valence-corrected chi connectivity index (χ0v) is 23.1. The quantitative estimate of drug-likeness (QED) is 0.200. The molecule has 3 aromatic carbocycles. The van der Waals surface area contributed by atoms with Crippen LogP contribution >= 0.6 is 0 Å². The van der Waals surface area contributed by atoms with E-state index in [-0.39, 0.29) is 18.6 Å². The first kappa shape index (κ1) is 27.6. The minimum absolute atomic E-state index is 0.151. The van der Waals surface area contributed by atoms with Gasteiger partial charge in [-0.2, -0.15) is 5.26 Å². The zero-order chi connectivity index (χ0) is 29.9. The van der Waals surface area contributed by atoms with E-state index >= 15 is 4.39 Å². The molecule has 0 atom stereocenters. The van der Waals surface area contributed by atoms with Gasteiger partial charge in [0.1, 0.15) is 23.8 Å². The van der Waals surface area contributed by atoms with Crippen molar-refractivity contribution in [2.24, 2.45) is 0 Å². The molecule has 0 bridgehead atoms. The van der Waals surface area contributed by atoms with Gasteiger partial charge in [0.2, 0.25) is 5.88 Å². The Morgan fingerprint density at radius 3 is 2.72 bits per heavy atom. The number of halogens is 1. The third-order valence-electron chi connectivity index (χ3n) is 7.21. The Kier molecular flexibility index (Phi) is 7.56. The van der Waals surface area contributed by atoms with Crippen LogP contribution in [0.15, 0.2) is 83.5 Å². The monoisotopic (exact) mass is 576 g/mol. The van der Waals surface area contributed by atoms with Crippen molar-refractivity contribution in [3.8, 4) is 23.2 Å². The third kappa shape index (κ3) is 5.54. The molecule has 3 aromatic heterocycles. The summed E-state index contributed by atoms with van der Waals surface area (Å²) in [5, 5.41) is 19.5. The Balaban J connectivity index is 1.23. The van der Waals surface area contributed by atoms with Crippen LogP contribution in [0.5, 0.6) is 5.88 Å². The van der Waals surface area contributed by atoms with Crippen molar-refractivity contribution in [2.75, 3.05) is 13.7 Å². The van der Waals surface area contributed by atoms with Gasteiger partial charge in [0.25, 0.3) is 0 Å². The molecule has 0 fully saturated rings. The summed E-state index contributed by atoms with van der Waals surface area (Å²) in [4.78, 5) is 20.7. The molecule has 0 spiro atoms. The molecule has 0 amide bonds. The number of benzene rings is 3. The number of furan rings is 1. The van der Waals surface area contributed by atoms with Crippen molar-refractivity contribution in [2.45, 2.75) is 19.6 Å². The van der Waals surface area contributed by atoms with E-state index in [9.17, 15) is 15.2 Å². The summed E-state index contributed by atoms with van der Waals surface area (Å²) in [5.74, 6) is -0.487. The maximum absolute atomic E-state index is 15.4. The number of carboxylic acid groups (broad SMARTS) is 1. The van der Waals surface area contributed by atoms with Gasteiger partial charge in [-0.3, -0.25) is 0 Å².